The molecule has 0 bridgehead atoms. The minimum absolute atomic E-state index is 0.0871. The smallest absolute Gasteiger partial charge is 0.256 e. The number of nitrogens with two attached hydrogens (primary N) is 1. The third-order valence-electron chi connectivity index (χ3n) is 3.81. The maximum absolute atomic E-state index is 12.3. The lowest BCUT2D eigenvalue weighted by molar-refractivity contribution is -0.110. The van der Waals surface area contributed by atoms with Gasteiger partial charge in [0.25, 0.3) is 5.91 Å². The molecule has 1 aromatic carbocycles. The van der Waals surface area contributed by atoms with Crippen molar-refractivity contribution in [3.8, 4) is 0 Å². The van der Waals surface area contributed by atoms with Crippen molar-refractivity contribution >= 4 is 11.6 Å². The number of hydrogen-bond donors (Lipinski definition) is 2. The number of amides is 1. The van der Waals surface area contributed by atoms with Crippen LogP contribution in [0, 0.1) is 12.8 Å². The van der Waals surface area contributed by atoms with Gasteiger partial charge in [0.05, 0.1) is 18.7 Å². The number of likely N-dealkylation sites (tertiary alicyclic amines) is 1. The number of carbonyl (C=O) groups excluding carboxylic acids is 1. The minimum Gasteiger partial charge on any atom is -0.398 e. The van der Waals surface area contributed by atoms with E-state index in [4.69, 9.17) is 5.73 Å². The van der Waals surface area contributed by atoms with E-state index in [1.165, 1.54) is 0 Å². The van der Waals surface area contributed by atoms with Gasteiger partial charge in [-0.05, 0) is 24.5 Å². The van der Waals surface area contributed by atoms with Gasteiger partial charge in [-0.1, -0.05) is 26.0 Å². The molecule has 1 fully saturated rings. The highest BCUT2D eigenvalue weighted by molar-refractivity contribution is 6.01. The van der Waals surface area contributed by atoms with Gasteiger partial charge in [-0.2, -0.15) is 0 Å². The Bertz CT molecular complexity index is 456. The monoisotopic (exact) mass is 248 g/mol. The van der Waals surface area contributed by atoms with Gasteiger partial charge in [-0.3, -0.25) is 4.79 Å². The van der Waals surface area contributed by atoms with Crippen molar-refractivity contribution in [2.24, 2.45) is 5.92 Å². The number of aliphatic hydroxyl groups is 1. The third-order valence-corrected chi connectivity index (χ3v) is 3.81. The second-order valence-electron chi connectivity index (χ2n) is 5.46. The Labute approximate surface area is 107 Å². The molecule has 0 unspecified atom stereocenters. The first kappa shape index (κ1) is 12.9. The summed E-state index contributed by atoms with van der Waals surface area (Å²) in [4.78, 5) is 14.0. The van der Waals surface area contributed by atoms with Gasteiger partial charge in [0.15, 0.2) is 0 Å². The predicted molar refractivity (Wildman–Crippen MR) is 71.3 cm³/mol. The summed E-state index contributed by atoms with van der Waals surface area (Å²) in [6, 6.07) is 5.44. The van der Waals surface area contributed by atoms with Gasteiger partial charge in [0, 0.05) is 5.69 Å². The fraction of sp³-hybridized carbons (Fsp3) is 0.500. The molecular weight excluding hydrogens is 228 g/mol. The molecule has 3 N–H and O–H groups in total. The Hall–Kier alpha value is -1.55. The first-order chi connectivity index (χ1) is 8.35. The average molecular weight is 248 g/mol. The van der Waals surface area contributed by atoms with Crippen LogP contribution in [0.2, 0.25) is 0 Å². The lowest BCUT2D eigenvalue weighted by atomic mass is 9.82. The van der Waals surface area contributed by atoms with Crippen molar-refractivity contribution < 1.29 is 9.90 Å². The van der Waals surface area contributed by atoms with Crippen LogP contribution in [0.1, 0.15) is 29.8 Å². The first-order valence-corrected chi connectivity index (χ1v) is 6.22. The number of benzene rings is 1. The average Bonchev–Trinajstić information content (AvgIpc) is 2.23. The van der Waals surface area contributed by atoms with Crippen molar-refractivity contribution in [1.29, 1.82) is 0 Å². The van der Waals surface area contributed by atoms with Crippen LogP contribution in [0.25, 0.3) is 0 Å². The summed E-state index contributed by atoms with van der Waals surface area (Å²) in [5.41, 5.74) is 7.05. The second kappa shape index (κ2) is 4.28. The van der Waals surface area contributed by atoms with E-state index in [-0.39, 0.29) is 11.8 Å². The number of carbonyl (C=O) groups is 1. The Morgan fingerprint density at radius 1 is 1.44 bits per heavy atom. The molecule has 4 heteroatoms. The molecule has 2 rings (SSSR count). The van der Waals surface area contributed by atoms with Crippen molar-refractivity contribution in [3.63, 3.8) is 0 Å². The minimum atomic E-state index is -0.743. The molecule has 1 amide bonds. The highest BCUT2D eigenvalue weighted by Gasteiger charge is 2.46. The molecule has 1 heterocycles. The summed E-state index contributed by atoms with van der Waals surface area (Å²) in [6.07, 6.45) is 0. The van der Waals surface area contributed by atoms with E-state index in [1.54, 1.807) is 11.0 Å². The molecule has 98 valence electrons. The highest BCUT2D eigenvalue weighted by atomic mass is 16.3. The molecule has 1 aliphatic rings. The summed E-state index contributed by atoms with van der Waals surface area (Å²) in [5.74, 6) is 0.0618. The van der Waals surface area contributed by atoms with Crippen LogP contribution in [0.15, 0.2) is 18.2 Å². The Morgan fingerprint density at radius 2 is 2.06 bits per heavy atom. The zero-order chi connectivity index (χ0) is 13.5. The van der Waals surface area contributed by atoms with E-state index < -0.39 is 5.60 Å². The van der Waals surface area contributed by atoms with E-state index in [2.05, 4.69) is 0 Å². The molecule has 4 nitrogen and oxygen atoms in total. The van der Waals surface area contributed by atoms with Gasteiger partial charge in [0.1, 0.15) is 5.60 Å². The van der Waals surface area contributed by atoms with E-state index >= 15 is 0 Å². The Morgan fingerprint density at radius 3 is 2.56 bits per heavy atom. The van der Waals surface area contributed by atoms with E-state index in [1.807, 2.05) is 32.9 Å². The van der Waals surface area contributed by atoms with Gasteiger partial charge >= 0.3 is 0 Å². The lowest BCUT2D eigenvalue weighted by Gasteiger charge is -2.49. The van der Waals surface area contributed by atoms with Crippen LogP contribution in [0.4, 0.5) is 5.69 Å². The third kappa shape index (κ3) is 1.97. The summed E-state index contributed by atoms with van der Waals surface area (Å²) >= 11 is 0. The van der Waals surface area contributed by atoms with Crippen LogP contribution < -0.4 is 5.73 Å². The van der Waals surface area contributed by atoms with Crippen LogP contribution >= 0.6 is 0 Å². The number of hydrogen-bond acceptors (Lipinski definition) is 3. The fourth-order valence-corrected chi connectivity index (χ4v) is 2.26. The molecule has 0 aromatic heterocycles. The number of nitrogen functional groups attached to an aromatic ring is 1. The molecule has 18 heavy (non-hydrogen) atoms. The van der Waals surface area contributed by atoms with Crippen LogP contribution in [0.5, 0.6) is 0 Å². The molecule has 1 aliphatic heterocycles. The van der Waals surface area contributed by atoms with E-state index in [0.717, 1.165) is 5.56 Å². The van der Waals surface area contributed by atoms with E-state index in [0.29, 0.717) is 24.3 Å². The van der Waals surface area contributed by atoms with Gasteiger partial charge < -0.3 is 15.7 Å². The number of rotatable bonds is 2. The Balaban J connectivity index is 2.16. The van der Waals surface area contributed by atoms with Crippen molar-refractivity contribution in [3.05, 3.63) is 29.3 Å². The van der Waals surface area contributed by atoms with Crippen LogP contribution in [-0.2, 0) is 0 Å². The largest absolute Gasteiger partial charge is 0.398 e. The number of aryl methyl sites for hydroxylation is 1. The summed E-state index contributed by atoms with van der Waals surface area (Å²) in [6.45, 7) is 6.57. The van der Waals surface area contributed by atoms with Gasteiger partial charge in [-0.25, -0.2) is 0 Å². The molecule has 1 aromatic rings. The normalized spacial score (nSPS) is 17.7. The highest BCUT2D eigenvalue weighted by Crippen LogP contribution is 2.31. The fourth-order valence-electron chi connectivity index (χ4n) is 2.26. The molecule has 0 aliphatic carbocycles. The summed E-state index contributed by atoms with van der Waals surface area (Å²) < 4.78 is 0. The molecule has 0 saturated carbocycles. The molecule has 0 spiro atoms. The van der Waals surface area contributed by atoms with Crippen molar-refractivity contribution in [2.75, 3.05) is 18.8 Å². The van der Waals surface area contributed by atoms with Crippen LogP contribution in [0.3, 0.4) is 0 Å². The van der Waals surface area contributed by atoms with Crippen molar-refractivity contribution in [1.82, 2.24) is 4.90 Å². The molecule has 0 radical (unpaired) electrons. The first-order valence-electron chi connectivity index (χ1n) is 6.22. The lowest BCUT2D eigenvalue weighted by Crippen LogP contribution is -2.66. The number of anilines is 1. The molecular formula is C14H20N2O2. The van der Waals surface area contributed by atoms with Gasteiger partial charge in [0.2, 0.25) is 0 Å². The maximum Gasteiger partial charge on any atom is 0.256 e. The Kier molecular flexibility index (Phi) is 3.07. The van der Waals surface area contributed by atoms with Crippen LogP contribution in [-0.4, -0.2) is 34.6 Å². The molecule has 0 atom stereocenters. The SMILES string of the molecule is Cc1cccc(N)c1C(=O)N1CC(O)(C(C)C)C1. The number of β-amino-alcohol motifs (C(OH)–C–C–N with tert-alkyl or cyclic N) is 1. The zero-order valence-corrected chi connectivity index (χ0v) is 11.1. The van der Waals surface area contributed by atoms with E-state index in [9.17, 15) is 9.90 Å². The quantitative estimate of drug-likeness (QED) is 0.778. The molecule has 1 saturated heterocycles. The van der Waals surface area contributed by atoms with Crippen molar-refractivity contribution in [2.45, 2.75) is 26.4 Å². The topological polar surface area (TPSA) is 66.6 Å². The maximum atomic E-state index is 12.3. The standard InChI is InChI=1S/C14H20N2O2/c1-9(2)14(18)7-16(8-14)13(17)12-10(3)5-4-6-11(12)15/h4-6,9,18H,7-8,15H2,1-3H3. The predicted octanol–water partition coefficient (Wildman–Crippen LogP) is 1.42. The van der Waals surface area contributed by atoms with Gasteiger partial charge in [-0.15, -0.1) is 0 Å². The second-order valence-corrected chi connectivity index (χ2v) is 5.46. The summed E-state index contributed by atoms with van der Waals surface area (Å²) in [7, 11) is 0. The number of nitrogens with zero attached hydrogens (tertiary/aromatic N) is 1. The zero-order valence-electron chi connectivity index (χ0n) is 11.1. The summed E-state index contributed by atoms with van der Waals surface area (Å²) in [5, 5.41) is 10.2.